The largest absolute Gasteiger partial charge is 0.496 e. The van der Waals surface area contributed by atoms with E-state index in [0.717, 1.165) is 52.2 Å². The van der Waals surface area contributed by atoms with Crippen LogP contribution in [-0.4, -0.2) is 71.1 Å². The monoisotopic (exact) mass is 412 g/mol. The number of aromatic amines is 1. The second kappa shape index (κ2) is 8.35. The lowest BCUT2D eigenvalue weighted by Gasteiger charge is -2.22. The predicted octanol–water partition coefficient (Wildman–Crippen LogP) is 1.92. The molecule has 0 saturated heterocycles. The molecule has 1 unspecified atom stereocenters. The first-order chi connectivity index (χ1) is 14.0. The van der Waals surface area contributed by atoms with E-state index < -0.39 is 0 Å². The first-order valence-corrected chi connectivity index (χ1v) is 10.7. The van der Waals surface area contributed by atoms with Crippen molar-refractivity contribution in [2.45, 2.75) is 6.54 Å². The van der Waals surface area contributed by atoms with Gasteiger partial charge in [-0.2, -0.15) is 0 Å². The second-order valence-corrected chi connectivity index (χ2v) is 8.45. The second-order valence-electron chi connectivity index (χ2n) is 7.21. The van der Waals surface area contributed by atoms with Crippen LogP contribution < -0.4 is 15.4 Å². The van der Waals surface area contributed by atoms with Crippen LogP contribution in [0.2, 0.25) is 0 Å². The van der Waals surface area contributed by atoms with Gasteiger partial charge in [0.1, 0.15) is 23.5 Å². The molecule has 1 aromatic carbocycles. The maximum atomic E-state index is 12.6. The fourth-order valence-corrected chi connectivity index (χ4v) is 4.66. The van der Waals surface area contributed by atoms with Crippen LogP contribution in [0.25, 0.3) is 11.0 Å². The number of H-pyrrole nitrogens is 1. The molecule has 0 saturated carbocycles. The third-order valence-electron chi connectivity index (χ3n) is 5.13. The summed E-state index contributed by atoms with van der Waals surface area (Å²) in [5, 5.41) is 5.44. The molecule has 0 radical (unpaired) electrons. The van der Waals surface area contributed by atoms with Crippen molar-refractivity contribution in [3.8, 4) is 5.75 Å². The molecule has 2 N–H and O–H groups in total. The van der Waals surface area contributed by atoms with Crippen molar-refractivity contribution in [2.75, 3.05) is 45.8 Å². The number of carbonyl (C=O) groups is 1. The van der Waals surface area contributed by atoms with Crippen LogP contribution in [0.5, 0.6) is 5.75 Å². The number of nitrogens with zero attached hydrogens (tertiary/aromatic N) is 4. The van der Waals surface area contributed by atoms with E-state index in [0.29, 0.717) is 21.3 Å². The lowest BCUT2D eigenvalue weighted by Crippen LogP contribution is -2.35. The third kappa shape index (κ3) is 4.18. The lowest BCUT2D eigenvalue weighted by molar-refractivity contribution is -0.127. The molecule has 1 atom stereocenters. The number of fused-ring (bicyclic) bond motifs is 2. The predicted molar refractivity (Wildman–Crippen MR) is 117 cm³/mol. The Balaban J connectivity index is 1.78. The van der Waals surface area contributed by atoms with Crippen molar-refractivity contribution in [3.05, 3.63) is 36.3 Å². The maximum Gasteiger partial charge on any atom is 0.226 e. The standard InChI is InChI=1S/C20H25N6O2P/c1-25-6-7-26(2)17(27)11-29-16-8-14(4-5-15(16)28-3)24-20-18-13(10-25)9-21-19(18)22-12-23-20/h4-5,8-9,12,29H,6-7,10-11H2,1-3H3,(H2,21,22,23,24). The Bertz CT molecular complexity index is 1040. The molecule has 9 heteroatoms. The molecule has 0 aliphatic carbocycles. The summed E-state index contributed by atoms with van der Waals surface area (Å²) < 4.78 is 5.51. The number of carbonyl (C=O) groups excluding carboxylic acids is 1. The number of ether oxygens (including phenoxy) is 1. The normalized spacial score (nSPS) is 17.1. The molecule has 2 aromatic heterocycles. The van der Waals surface area contributed by atoms with Gasteiger partial charge < -0.3 is 24.8 Å². The highest BCUT2D eigenvalue weighted by Gasteiger charge is 2.17. The minimum atomic E-state index is 0.144. The topological polar surface area (TPSA) is 86.4 Å². The first kappa shape index (κ1) is 19.6. The number of rotatable bonds is 1. The molecule has 152 valence electrons. The van der Waals surface area contributed by atoms with Gasteiger partial charge in [-0.05, 0) is 30.8 Å². The van der Waals surface area contributed by atoms with Gasteiger partial charge in [0.2, 0.25) is 5.91 Å². The average Bonchev–Trinajstić information content (AvgIpc) is 3.13. The molecule has 2 bridgehead atoms. The van der Waals surface area contributed by atoms with E-state index in [4.69, 9.17) is 4.74 Å². The Kier molecular flexibility index (Phi) is 5.65. The number of hydrogen-bond acceptors (Lipinski definition) is 6. The van der Waals surface area contributed by atoms with E-state index in [1.54, 1.807) is 13.4 Å². The highest BCUT2D eigenvalue weighted by Crippen LogP contribution is 2.29. The number of anilines is 2. The molecule has 3 aromatic rings. The van der Waals surface area contributed by atoms with Gasteiger partial charge in [0.15, 0.2) is 0 Å². The Morgan fingerprint density at radius 2 is 2.07 bits per heavy atom. The summed E-state index contributed by atoms with van der Waals surface area (Å²) in [7, 11) is 5.91. The van der Waals surface area contributed by atoms with E-state index in [9.17, 15) is 4.79 Å². The number of aromatic nitrogens is 3. The van der Waals surface area contributed by atoms with Gasteiger partial charge in [-0.15, -0.1) is 0 Å². The third-order valence-corrected chi connectivity index (χ3v) is 6.38. The Morgan fingerprint density at radius 3 is 2.90 bits per heavy atom. The number of benzene rings is 1. The first-order valence-electron chi connectivity index (χ1n) is 9.47. The van der Waals surface area contributed by atoms with Crippen LogP contribution in [0.1, 0.15) is 5.56 Å². The molecule has 0 fully saturated rings. The van der Waals surface area contributed by atoms with Crippen LogP contribution in [0.3, 0.4) is 0 Å². The fourth-order valence-electron chi connectivity index (χ4n) is 3.43. The van der Waals surface area contributed by atoms with Gasteiger partial charge in [0.05, 0.1) is 12.5 Å². The summed E-state index contributed by atoms with van der Waals surface area (Å²) in [5.41, 5.74) is 2.83. The number of amides is 1. The molecule has 8 nitrogen and oxygen atoms in total. The molecule has 0 spiro atoms. The summed E-state index contributed by atoms with van der Waals surface area (Å²) in [6.45, 7) is 2.20. The SMILES string of the molecule is COc1ccc2cc1PCC(=O)N(C)CCN(C)Cc1c[nH]c3ncnc(c13)N2. The molecular formula is C20H25N6O2P. The van der Waals surface area contributed by atoms with Crippen LogP contribution >= 0.6 is 8.58 Å². The minimum Gasteiger partial charge on any atom is -0.496 e. The van der Waals surface area contributed by atoms with Crippen molar-refractivity contribution in [3.63, 3.8) is 0 Å². The van der Waals surface area contributed by atoms with Gasteiger partial charge in [0.25, 0.3) is 0 Å². The summed E-state index contributed by atoms with van der Waals surface area (Å²) in [6.07, 6.45) is 4.01. The smallest absolute Gasteiger partial charge is 0.226 e. The van der Waals surface area contributed by atoms with E-state index >= 15 is 0 Å². The Hall–Kier alpha value is -2.70. The summed E-state index contributed by atoms with van der Waals surface area (Å²) in [6, 6.07) is 5.93. The quantitative estimate of drug-likeness (QED) is 0.594. The minimum absolute atomic E-state index is 0.144. The molecule has 29 heavy (non-hydrogen) atoms. The van der Waals surface area contributed by atoms with Gasteiger partial charge in [-0.1, -0.05) is 8.58 Å². The van der Waals surface area contributed by atoms with Crippen molar-refractivity contribution < 1.29 is 9.53 Å². The van der Waals surface area contributed by atoms with E-state index in [1.165, 1.54) is 0 Å². The Morgan fingerprint density at radius 1 is 1.21 bits per heavy atom. The summed E-state index contributed by atoms with van der Waals surface area (Å²) in [5.74, 6) is 1.70. The fraction of sp³-hybridized carbons (Fsp3) is 0.350. The Labute approximate surface area is 171 Å². The summed E-state index contributed by atoms with van der Waals surface area (Å²) >= 11 is 0. The zero-order chi connectivity index (χ0) is 20.4. The molecule has 1 aliphatic heterocycles. The maximum absolute atomic E-state index is 12.6. The van der Waals surface area contributed by atoms with Crippen molar-refractivity contribution in [2.24, 2.45) is 0 Å². The van der Waals surface area contributed by atoms with Crippen LogP contribution in [-0.2, 0) is 11.3 Å². The van der Waals surface area contributed by atoms with E-state index in [1.807, 2.05) is 36.3 Å². The number of likely N-dealkylation sites (N-methyl/N-ethyl adjacent to an activating group) is 2. The molecule has 3 heterocycles. The highest BCUT2D eigenvalue weighted by atomic mass is 31.1. The number of hydrogen-bond donors (Lipinski definition) is 2. The van der Waals surface area contributed by atoms with Crippen LogP contribution in [0.15, 0.2) is 30.7 Å². The van der Waals surface area contributed by atoms with Crippen molar-refractivity contribution >= 4 is 42.3 Å². The van der Waals surface area contributed by atoms with Crippen molar-refractivity contribution in [1.29, 1.82) is 0 Å². The molecule has 1 aliphatic rings. The summed E-state index contributed by atoms with van der Waals surface area (Å²) in [4.78, 5) is 28.7. The number of methoxy groups -OCH3 is 1. The highest BCUT2D eigenvalue weighted by molar-refractivity contribution is 7.48. The van der Waals surface area contributed by atoms with Crippen LogP contribution in [0, 0.1) is 0 Å². The molecular weight excluding hydrogens is 387 g/mol. The van der Waals surface area contributed by atoms with Gasteiger partial charge >= 0.3 is 0 Å². The van der Waals surface area contributed by atoms with Gasteiger partial charge in [-0.3, -0.25) is 4.79 Å². The lowest BCUT2D eigenvalue weighted by atomic mass is 10.2. The molecule has 1 amide bonds. The zero-order valence-corrected chi connectivity index (χ0v) is 17.8. The van der Waals surface area contributed by atoms with Crippen molar-refractivity contribution in [1.82, 2.24) is 24.8 Å². The molecule has 4 rings (SSSR count). The van der Waals surface area contributed by atoms with Gasteiger partial charge in [-0.25, -0.2) is 9.97 Å². The average molecular weight is 412 g/mol. The zero-order valence-electron chi connectivity index (χ0n) is 16.8. The van der Waals surface area contributed by atoms with E-state index in [2.05, 4.69) is 32.2 Å². The van der Waals surface area contributed by atoms with E-state index in [-0.39, 0.29) is 5.91 Å². The van der Waals surface area contributed by atoms with Gasteiger partial charge in [0, 0.05) is 50.0 Å². The van der Waals surface area contributed by atoms with Crippen LogP contribution in [0.4, 0.5) is 11.5 Å². The number of nitrogens with one attached hydrogen (secondary N) is 2.